The Morgan fingerprint density at radius 3 is 1.98 bits per heavy atom. The summed E-state index contributed by atoms with van der Waals surface area (Å²) in [5.74, 6) is -0.277. The van der Waals surface area contributed by atoms with E-state index in [-0.39, 0.29) is 26.9 Å². The van der Waals surface area contributed by atoms with Crippen molar-refractivity contribution >= 4 is 54.6 Å². The largest absolute Gasteiger partial charge is 0.497 e. The highest BCUT2D eigenvalue weighted by Gasteiger charge is 2.34. The van der Waals surface area contributed by atoms with Crippen molar-refractivity contribution in [2.24, 2.45) is 0 Å². The van der Waals surface area contributed by atoms with Gasteiger partial charge >= 0.3 is 6.18 Å². The van der Waals surface area contributed by atoms with Crippen LogP contribution >= 0.6 is 11.6 Å². The minimum Gasteiger partial charge on any atom is -0.497 e. The zero-order chi connectivity index (χ0) is 32.3. The number of methoxy groups -OCH3 is 1. The number of sulfonamides is 2. The smallest absolute Gasteiger partial charge is 0.417 e. The number of amides is 1. The Morgan fingerprint density at radius 2 is 1.41 bits per heavy atom. The van der Waals surface area contributed by atoms with Gasteiger partial charge in [0.1, 0.15) is 12.3 Å². The number of halogens is 4. The van der Waals surface area contributed by atoms with Crippen LogP contribution < -0.4 is 19.1 Å². The predicted molar refractivity (Wildman–Crippen MR) is 161 cm³/mol. The number of hydrogen-bond donors (Lipinski definition) is 2. The molecule has 4 aromatic carbocycles. The summed E-state index contributed by atoms with van der Waals surface area (Å²) >= 11 is 5.60. The molecular formula is C29H25ClF3N3O6S2. The van der Waals surface area contributed by atoms with Crippen LogP contribution in [0.2, 0.25) is 5.02 Å². The summed E-state index contributed by atoms with van der Waals surface area (Å²) in [5, 5.41) is 1.95. The first-order valence-electron chi connectivity index (χ1n) is 12.6. The Bertz CT molecular complexity index is 1870. The van der Waals surface area contributed by atoms with Crippen LogP contribution in [0, 0.1) is 6.92 Å². The number of anilines is 3. The summed E-state index contributed by atoms with van der Waals surface area (Å²) < 4.78 is 100. The van der Waals surface area contributed by atoms with Gasteiger partial charge in [-0.1, -0.05) is 29.3 Å². The monoisotopic (exact) mass is 667 g/mol. The highest BCUT2D eigenvalue weighted by molar-refractivity contribution is 7.93. The summed E-state index contributed by atoms with van der Waals surface area (Å²) in [4.78, 5) is 12.7. The normalized spacial score (nSPS) is 12.0. The summed E-state index contributed by atoms with van der Waals surface area (Å²) in [6, 6.07) is 19.6. The van der Waals surface area contributed by atoms with Crippen molar-refractivity contribution in [3.8, 4) is 5.75 Å². The van der Waals surface area contributed by atoms with Crippen LogP contribution in [0.1, 0.15) is 11.1 Å². The lowest BCUT2D eigenvalue weighted by Crippen LogP contribution is -2.38. The number of carbonyl (C=O) groups is 1. The first kappa shape index (κ1) is 32.6. The second kappa shape index (κ2) is 12.8. The van der Waals surface area contributed by atoms with Crippen molar-refractivity contribution in [1.29, 1.82) is 0 Å². The number of hydrogen-bond acceptors (Lipinski definition) is 6. The molecule has 0 aliphatic carbocycles. The highest BCUT2D eigenvalue weighted by Crippen LogP contribution is 2.36. The van der Waals surface area contributed by atoms with Crippen LogP contribution in [0.15, 0.2) is 101 Å². The molecule has 0 saturated heterocycles. The zero-order valence-electron chi connectivity index (χ0n) is 23.1. The van der Waals surface area contributed by atoms with Crippen LogP contribution in [0.5, 0.6) is 5.75 Å². The minimum absolute atomic E-state index is 0.0724. The maximum atomic E-state index is 13.6. The van der Waals surface area contributed by atoms with Gasteiger partial charge in [0.25, 0.3) is 20.0 Å². The molecule has 0 bridgehead atoms. The molecule has 0 aliphatic rings. The number of benzene rings is 4. The molecule has 0 fully saturated rings. The van der Waals surface area contributed by atoms with E-state index in [0.717, 1.165) is 34.1 Å². The molecule has 9 nitrogen and oxygen atoms in total. The summed E-state index contributed by atoms with van der Waals surface area (Å²) in [6.45, 7) is 1.21. The molecule has 0 atom stereocenters. The molecular weight excluding hydrogens is 643 g/mol. The Hall–Kier alpha value is -4.27. The van der Waals surface area contributed by atoms with Crippen LogP contribution in [0.3, 0.4) is 0 Å². The molecule has 44 heavy (non-hydrogen) atoms. The van der Waals surface area contributed by atoms with Gasteiger partial charge in [0, 0.05) is 11.4 Å². The quantitative estimate of drug-likeness (QED) is 0.204. The van der Waals surface area contributed by atoms with Crippen LogP contribution in [0.4, 0.5) is 30.2 Å². The lowest BCUT2D eigenvalue weighted by atomic mass is 10.2. The fraction of sp³-hybridized carbons (Fsp3) is 0.138. The molecule has 2 N–H and O–H groups in total. The Morgan fingerprint density at radius 1 is 0.841 bits per heavy atom. The molecule has 0 radical (unpaired) electrons. The van der Waals surface area contributed by atoms with Gasteiger partial charge in [-0.3, -0.25) is 13.8 Å². The number of nitrogens with zero attached hydrogens (tertiary/aromatic N) is 1. The van der Waals surface area contributed by atoms with E-state index < -0.39 is 49.3 Å². The van der Waals surface area contributed by atoms with E-state index in [1.165, 1.54) is 43.5 Å². The second-order valence-electron chi connectivity index (χ2n) is 9.39. The third-order valence-corrected chi connectivity index (χ3v) is 9.74. The fourth-order valence-corrected chi connectivity index (χ4v) is 6.66. The van der Waals surface area contributed by atoms with Crippen molar-refractivity contribution in [2.45, 2.75) is 22.9 Å². The van der Waals surface area contributed by atoms with Crippen LogP contribution in [0.25, 0.3) is 0 Å². The number of aryl methyl sites for hydroxylation is 1. The lowest BCUT2D eigenvalue weighted by Gasteiger charge is -2.24. The lowest BCUT2D eigenvalue weighted by molar-refractivity contribution is -0.137. The molecule has 232 valence electrons. The maximum absolute atomic E-state index is 13.6. The van der Waals surface area contributed by atoms with Gasteiger partial charge in [0.2, 0.25) is 5.91 Å². The summed E-state index contributed by atoms with van der Waals surface area (Å²) in [7, 11) is -7.07. The predicted octanol–water partition coefficient (Wildman–Crippen LogP) is 6.31. The number of rotatable bonds is 10. The number of ether oxygens (including phenoxy) is 1. The zero-order valence-corrected chi connectivity index (χ0v) is 25.5. The first-order valence-corrected chi connectivity index (χ1v) is 15.9. The molecule has 1 amide bonds. The molecule has 0 saturated carbocycles. The minimum atomic E-state index is -4.79. The van der Waals surface area contributed by atoms with Gasteiger partial charge in [0.15, 0.2) is 0 Å². The van der Waals surface area contributed by atoms with Crippen molar-refractivity contribution in [3.05, 3.63) is 107 Å². The Balaban J connectivity index is 1.52. The molecule has 0 aromatic heterocycles. The summed E-state index contributed by atoms with van der Waals surface area (Å²) in [6.07, 6.45) is -4.79. The summed E-state index contributed by atoms with van der Waals surface area (Å²) in [5.41, 5.74) is -0.295. The van der Waals surface area contributed by atoms with E-state index >= 15 is 0 Å². The number of nitrogens with one attached hydrogen (secondary N) is 2. The van der Waals surface area contributed by atoms with Gasteiger partial charge < -0.3 is 10.1 Å². The fourth-order valence-electron chi connectivity index (χ4n) is 3.97. The maximum Gasteiger partial charge on any atom is 0.417 e. The van der Waals surface area contributed by atoms with Crippen molar-refractivity contribution < 1.29 is 39.5 Å². The van der Waals surface area contributed by atoms with Crippen molar-refractivity contribution in [1.82, 2.24) is 0 Å². The Kier molecular flexibility index (Phi) is 9.47. The van der Waals surface area contributed by atoms with Crippen molar-refractivity contribution in [2.75, 3.05) is 28.0 Å². The van der Waals surface area contributed by atoms with Gasteiger partial charge in [-0.15, -0.1) is 0 Å². The molecule has 0 aliphatic heterocycles. The number of carbonyl (C=O) groups excluding carboxylic acids is 1. The van der Waals surface area contributed by atoms with E-state index in [1.54, 1.807) is 24.3 Å². The van der Waals surface area contributed by atoms with Crippen LogP contribution in [-0.4, -0.2) is 36.4 Å². The molecule has 15 heteroatoms. The third kappa shape index (κ3) is 7.62. The second-order valence-corrected chi connectivity index (χ2v) is 13.3. The van der Waals surface area contributed by atoms with Gasteiger partial charge in [-0.25, -0.2) is 16.8 Å². The van der Waals surface area contributed by atoms with E-state index in [1.807, 2.05) is 6.92 Å². The van der Waals surface area contributed by atoms with E-state index in [0.29, 0.717) is 11.8 Å². The standard InChI is InChI=1S/C29H25ClF3N3O6S2/c1-19-3-8-22(9-4-19)36(44(40,41)25-14-10-23(42-2)11-15-25)18-28(37)34-20-5-12-24(13-6-20)43(38,39)35-21-7-16-27(30)26(17-21)29(31,32)33/h3-17,35H,18H2,1-2H3,(H,34,37). The highest BCUT2D eigenvalue weighted by atomic mass is 35.5. The molecule has 0 heterocycles. The van der Waals surface area contributed by atoms with Crippen LogP contribution in [-0.2, 0) is 31.0 Å². The molecule has 4 aromatic rings. The average Bonchev–Trinajstić information content (AvgIpc) is 2.97. The molecule has 4 rings (SSSR count). The van der Waals surface area contributed by atoms with Gasteiger partial charge in [-0.2, -0.15) is 13.2 Å². The molecule has 0 spiro atoms. The topological polar surface area (TPSA) is 122 Å². The average molecular weight is 668 g/mol. The van der Waals surface area contributed by atoms with Crippen molar-refractivity contribution in [3.63, 3.8) is 0 Å². The van der Waals surface area contributed by atoms with Gasteiger partial charge in [-0.05, 0) is 85.8 Å². The van der Waals surface area contributed by atoms with E-state index in [2.05, 4.69) is 10.0 Å². The number of alkyl halides is 3. The van der Waals surface area contributed by atoms with Gasteiger partial charge in [0.05, 0.1) is 33.2 Å². The molecule has 0 unspecified atom stereocenters. The van der Waals surface area contributed by atoms with E-state index in [9.17, 15) is 34.8 Å². The van der Waals surface area contributed by atoms with E-state index in [4.69, 9.17) is 16.3 Å². The Labute approximate surface area is 257 Å². The SMILES string of the molecule is COc1ccc(S(=O)(=O)N(CC(=O)Nc2ccc(S(=O)(=O)Nc3ccc(Cl)c(C(F)(F)F)c3)cc2)c2ccc(C)cc2)cc1. The third-order valence-electron chi connectivity index (χ3n) is 6.23. The first-order chi connectivity index (χ1) is 20.6.